The molecule has 0 radical (unpaired) electrons. The van der Waals surface area contributed by atoms with Crippen molar-refractivity contribution >= 4 is 23.4 Å². The summed E-state index contributed by atoms with van der Waals surface area (Å²) >= 11 is 1.34. The molecule has 120 valence electrons. The zero-order valence-electron chi connectivity index (χ0n) is 13.4. The number of rotatable bonds is 8. The van der Waals surface area contributed by atoms with Crippen LogP contribution in [0.25, 0.3) is 5.78 Å². The zero-order chi connectivity index (χ0) is 15.9. The van der Waals surface area contributed by atoms with E-state index in [2.05, 4.69) is 27.3 Å². The fraction of sp³-hybridized carbons (Fsp3) is 0.600. The quantitative estimate of drug-likeness (QED) is 0.597. The molecule has 0 spiro atoms. The third-order valence-electron chi connectivity index (χ3n) is 3.28. The number of hydrogen-bond acceptors (Lipinski definition) is 5. The van der Waals surface area contributed by atoms with Crippen molar-refractivity contribution in [3.63, 3.8) is 0 Å². The van der Waals surface area contributed by atoms with E-state index in [4.69, 9.17) is 0 Å². The van der Waals surface area contributed by atoms with Crippen LogP contribution in [0.5, 0.6) is 0 Å². The maximum absolute atomic E-state index is 11.8. The van der Waals surface area contributed by atoms with Crippen molar-refractivity contribution < 1.29 is 4.79 Å². The minimum Gasteiger partial charge on any atom is -0.355 e. The average Bonchev–Trinajstić information content (AvgIpc) is 2.88. The van der Waals surface area contributed by atoms with Gasteiger partial charge in [-0.15, -0.1) is 5.10 Å². The molecule has 2 heterocycles. The Balaban J connectivity index is 1.81. The molecule has 2 rings (SSSR count). The molecule has 0 saturated heterocycles. The highest BCUT2D eigenvalue weighted by molar-refractivity contribution is 7.99. The molecule has 2 aromatic rings. The van der Waals surface area contributed by atoms with Gasteiger partial charge in [0.1, 0.15) is 0 Å². The molecule has 0 aliphatic rings. The van der Waals surface area contributed by atoms with E-state index in [1.165, 1.54) is 31.0 Å². The van der Waals surface area contributed by atoms with Crippen LogP contribution >= 0.6 is 11.8 Å². The van der Waals surface area contributed by atoms with Crippen LogP contribution in [-0.4, -0.2) is 37.8 Å². The van der Waals surface area contributed by atoms with E-state index < -0.39 is 0 Å². The van der Waals surface area contributed by atoms with Gasteiger partial charge in [-0.1, -0.05) is 37.9 Å². The highest BCUT2D eigenvalue weighted by Gasteiger charge is 2.10. The van der Waals surface area contributed by atoms with E-state index in [-0.39, 0.29) is 5.91 Å². The first-order chi connectivity index (χ1) is 10.6. The van der Waals surface area contributed by atoms with Crippen LogP contribution in [0.15, 0.2) is 11.2 Å². The average molecular weight is 321 g/mol. The summed E-state index contributed by atoms with van der Waals surface area (Å²) in [6.45, 7) is 6.82. The number of nitrogens with zero attached hydrogens (tertiary/aromatic N) is 4. The van der Waals surface area contributed by atoms with Crippen LogP contribution in [0.2, 0.25) is 0 Å². The van der Waals surface area contributed by atoms with Crippen LogP contribution in [0, 0.1) is 13.8 Å². The van der Waals surface area contributed by atoms with E-state index in [9.17, 15) is 4.79 Å². The number of amides is 1. The van der Waals surface area contributed by atoms with Gasteiger partial charge in [0.2, 0.25) is 11.1 Å². The molecule has 22 heavy (non-hydrogen) atoms. The number of carbonyl (C=O) groups is 1. The van der Waals surface area contributed by atoms with Crippen LogP contribution in [0.1, 0.15) is 44.0 Å². The standard InChI is InChI=1S/C15H23N5OS/c1-4-5-6-7-8-16-13(21)10-22-15-18-14-17-11(2)9-12(3)20(14)19-15/h9H,4-8,10H2,1-3H3,(H,16,21). The van der Waals surface area contributed by atoms with Crippen molar-refractivity contribution in [2.75, 3.05) is 12.3 Å². The Morgan fingerprint density at radius 2 is 2.09 bits per heavy atom. The number of unbranched alkanes of at least 4 members (excludes halogenated alkanes) is 3. The summed E-state index contributed by atoms with van der Waals surface area (Å²) in [5, 5.41) is 7.89. The van der Waals surface area contributed by atoms with E-state index >= 15 is 0 Å². The Labute approximate surface area is 135 Å². The SMILES string of the molecule is CCCCCCNC(=O)CSc1nc2nc(C)cc(C)n2n1. The van der Waals surface area contributed by atoms with Gasteiger partial charge in [-0.3, -0.25) is 4.79 Å². The van der Waals surface area contributed by atoms with Crippen molar-refractivity contribution in [2.45, 2.75) is 51.6 Å². The molecule has 2 aromatic heterocycles. The monoisotopic (exact) mass is 321 g/mol. The molecule has 0 aliphatic carbocycles. The number of aryl methyl sites for hydroxylation is 2. The number of thioether (sulfide) groups is 1. The number of aromatic nitrogens is 4. The Bertz CT molecular complexity index is 640. The molecule has 0 unspecified atom stereocenters. The summed E-state index contributed by atoms with van der Waals surface area (Å²) in [7, 11) is 0. The van der Waals surface area contributed by atoms with Crippen molar-refractivity contribution in [3.05, 3.63) is 17.5 Å². The normalized spacial score (nSPS) is 11.0. The second-order valence-electron chi connectivity index (χ2n) is 5.34. The van der Waals surface area contributed by atoms with E-state index in [1.54, 1.807) is 4.52 Å². The Morgan fingerprint density at radius 3 is 2.86 bits per heavy atom. The third kappa shape index (κ3) is 4.69. The summed E-state index contributed by atoms with van der Waals surface area (Å²) in [5.74, 6) is 0.948. The lowest BCUT2D eigenvalue weighted by Gasteiger charge is -2.03. The number of carbonyl (C=O) groups excluding carboxylic acids is 1. The first-order valence-corrected chi connectivity index (χ1v) is 8.69. The molecule has 7 heteroatoms. The fourth-order valence-electron chi connectivity index (χ4n) is 2.17. The Hall–Kier alpha value is -1.63. The lowest BCUT2D eigenvalue weighted by molar-refractivity contribution is -0.118. The minimum absolute atomic E-state index is 0.0289. The topological polar surface area (TPSA) is 72.2 Å². The van der Waals surface area contributed by atoms with Gasteiger partial charge in [0, 0.05) is 17.9 Å². The molecule has 6 nitrogen and oxygen atoms in total. The highest BCUT2D eigenvalue weighted by atomic mass is 32.2. The number of hydrogen-bond donors (Lipinski definition) is 1. The number of nitrogens with one attached hydrogen (secondary N) is 1. The van der Waals surface area contributed by atoms with Gasteiger partial charge < -0.3 is 5.32 Å². The van der Waals surface area contributed by atoms with E-state index in [0.29, 0.717) is 16.7 Å². The summed E-state index contributed by atoms with van der Waals surface area (Å²) in [6.07, 6.45) is 4.64. The first-order valence-electron chi connectivity index (χ1n) is 7.70. The Kier molecular flexibility index (Phi) is 6.18. The molecule has 0 saturated carbocycles. The molecule has 1 amide bonds. The van der Waals surface area contributed by atoms with Gasteiger partial charge in [-0.25, -0.2) is 9.50 Å². The predicted molar refractivity (Wildman–Crippen MR) is 88.1 cm³/mol. The van der Waals surface area contributed by atoms with Crippen LogP contribution in [0.3, 0.4) is 0 Å². The van der Waals surface area contributed by atoms with Crippen molar-refractivity contribution in [3.8, 4) is 0 Å². The molecule has 0 aromatic carbocycles. The molecule has 1 N–H and O–H groups in total. The Morgan fingerprint density at radius 1 is 1.27 bits per heavy atom. The summed E-state index contributed by atoms with van der Waals surface area (Å²) in [4.78, 5) is 20.5. The van der Waals surface area contributed by atoms with Gasteiger partial charge in [-0.2, -0.15) is 4.98 Å². The second kappa shape index (κ2) is 8.12. The lowest BCUT2D eigenvalue weighted by atomic mass is 10.2. The maximum atomic E-state index is 11.8. The fourth-order valence-corrected chi connectivity index (χ4v) is 2.82. The molecule has 0 atom stereocenters. The van der Waals surface area contributed by atoms with Crippen molar-refractivity contribution in [2.24, 2.45) is 0 Å². The smallest absolute Gasteiger partial charge is 0.253 e. The first kappa shape index (κ1) is 16.7. The van der Waals surface area contributed by atoms with E-state index in [1.807, 2.05) is 19.9 Å². The van der Waals surface area contributed by atoms with Gasteiger partial charge in [0.25, 0.3) is 5.78 Å². The largest absolute Gasteiger partial charge is 0.355 e. The van der Waals surface area contributed by atoms with Gasteiger partial charge in [-0.05, 0) is 26.3 Å². The van der Waals surface area contributed by atoms with Gasteiger partial charge >= 0.3 is 0 Å². The van der Waals surface area contributed by atoms with Gasteiger partial charge in [0.05, 0.1) is 5.75 Å². The van der Waals surface area contributed by atoms with Gasteiger partial charge in [0.15, 0.2) is 0 Å². The molecular formula is C15H23N5OS. The second-order valence-corrected chi connectivity index (χ2v) is 6.29. The van der Waals surface area contributed by atoms with Crippen molar-refractivity contribution in [1.29, 1.82) is 0 Å². The summed E-state index contributed by atoms with van der Waals surface area (Å²) in [5.41, 5.74) is 1.90. The van der Waals surface area contributed by atoms with Crippen molar-refractivity contribution in [1.82, 2.24) is 24.9 Å². The summed E-state index contributed by atoms with van der Waals surface area (Å²) in [6, 6.07) is 1.96. The maximum Gasteiger partial charge on any atom is 0.253 e. The molecule has 0 aliphatic heterocycles. The van der Waals surface area contributed by atoms with Crippen LogP contribution in [-0.2, 0) is 4.79 Å². The molecule has 0 bridgehead atoms. The minimum atomic E-state index is 0.0289. The number of fused-ring (bicyclic) bond motifs is 1. The lowest BCUT2D eigenvalue weighted by Crippen LogP contribution is -2.26. The van der Waals surface area contributed by atoms with Crippen LogP contribution < -0.4 is 5.32 Å². The highest BCUT2D eigenvalue weighted by Crippen LogP contribution is 2.14. The van der Waals surface area contributed by atoms with Crippen LogP contribution in [0.4, 0.5) is 0 Å². The third-order valence-corrected chi connectivity index (χ3v) is 4.12. The summed E-state index contributed by atoms with van der Waals surface area (Å²) < 4.78 is 1.71. The predicted octanol–water partition coefficient (Wildman–Crippen LogP) is 2.53. The molecular weight excluding hydrogens is 298 g/mol. The molecule has 0 fully saturated rings. The zero-order valence-corrected chi connectivity index (χ0v) is 14.2. The van der Waals surface area contributed by atoms with E-state index in [0.717, 1.165) is 24.4 Å².